The molecule has 1 aliphatic rings. The minimum absolute atomic E-state index is 0.352. The van der Waals surface area contributed by atoms with E-state index in [-0.39, 0.29) is 0 Å². The zero-order valence-electron chi connectivity index (χ0n) is 12.3. The summed E-state index contributed by atoms with van der Waals surface area (Å²) < 4.78 is 7.95. The smallest absolute Gasteiger partial charge is 0.125 e. The van der Waals surface area contributed by atoms with Crippen molar-refractivity contribution in [2.45, 2.75) is 57.6 Å². The van der Waals surface area contributed by atoms with Crippen LogP contribution in [-0.2, 0) is 11.8 Å². The van der Waals surface area contributed by atoms with Crippen LogP contribution in [0.5, 0.6) is 0 Å². The van der Waals surface area contributed by atoms with Crippen molar-refractivity contribution in [3.8, 4) is 0 Å². The lowest BCUT2D eigenvalue weighted by Gasteiger charge is -2.25. The molecule has 0 saturated carbocycles. The van der Waals surface area contributed by atoms with Gasteiger partial charge in [0.05, 0.1) is 12.1 Å². The molecule has 1 fully saturated rings. The molecule has 1 aliphatic heterocycles. The van der Waals surface area contributed by atoms with Gasteiger partial charge in [-0.05, 0) is 45.1 Å². The van der Waals surface area contributed by atoms with Crippen LogP contribution < -0.4 is 5.32 Å². The van der Waals surface area contributed by atoms with Gasteiger partial charge in [-0.15, -0.1) is 0 Å². The predicted molar refractivity (Wildman–Crippen MR) is 77.1 cm³/mol. The molecule has 0 amide bonds. The number of rotatable bonds is 7. The van der Waals surface area contributed by atoms with Crippen LogP contribution in [0.2, 0.25) is 0 Å². The fraction of sp³-hybridized carbons (Fsp3) is 0.800. The Morgan fingerprint density at radius 1 is 1.53 bits per heavy atom. The molecule has 2 heterocycles. The van der Waals surface area contributed by atoms with E-state index >= 15 is 0 Å². The average molecular weight is 265 g/mol. The number of aryl methyl sites for hydroxylation is 1. The van der Waals surface area contributed by atoms with E-state index in [0.29, 0.717) is 12.1 Å². The van der Waals surface area contributed by atoms with Crippen molar-refractivity contribution < 1.29 is 4.74 Å². The van der Waals surface area contributed by atoms with Gasteiger partial charge in [0.15, 0.2) is 0 Å². The lowest BCUT2D eigenvalue weighted by atomic mass is 10.0. The molecule has 2 unspecified atom stereocenters. The maximum Gasteiger partial charge on any atom is 0.125 e. The third-order valence-corrected chi connectivity index (χ3v) is 3.86. The van der Waals surface area contributed by atoms with Gasteiger partial charge in [0, 0.05) is 26.0 Å². The summed E-state index contributed by atoms with van der Waals surface area (Å²) in [6.07, 6.45) is 11.5. The molecule has 0 spiro atoms. The molecular weight excluding hydrogens is 238 g/mol. The van der Waals surface area contributed by atoms with Crippen molar-refractivity contribution in [1.29, 1.82) is 0 Å². The summed E-state index contributed by atoms with van der Waals surface area (Å²) in [6.45, 7) is 4.19. The summed E-state index contributed by atoms with van der Waals surface area (Å²) in [5, 5.41) is 3.61. The maximum atomic E-state index is 5.83. The predicted octanol–water partition coefficient (Wildman–Crippen LogP) is 2.81. The molecule has 2 rings (SSSR count). The van der Waals surface area contributed by atoms with Crippen LogP contribution in [0, 0.1) is 0 Å². The van der Waals surface area contributed by atoms with E-state index < -0.39 is 0 Å². The first kappa shape index (κ1) is 14.5. The molecule has 4 heteroatoms. The Kier molecular flexibility index (Phi) is 5.86. The highest BCUT2D eigenvalue weighted by Gasteiger charge is 2.19. The van der Waals surface area contributed by atoms with Crippen molar-refractivity contribution in [2.24, 2.45) is 7.05 Å². The van der Waals surface area contributed by atoms with Crippen molar-refractivity contribution >= 4 is 0 Å². The van der Waals surface area contributed by atoms with Crippen LogP contribution in [0.25, 0.3) is 0 Å². The number of hydrogen-bond acceptors (Lipinski definition) is 3. The second kappa shape index (κ2) is 7.65. The van der Waals surface area contributed by atoms with Gasteiger partial charge in [-0.3, -0.25) is 0 Å². The van der Waals surface area contributed by atoms with E-state index in [0.717, 1.165) is 38.2 Å². The van der Waals surface area contributed by atoms with E-state index in [9.17, 15) is 0 Å². The monoisotopic (exact) mass is 265 g/mol. The second-order valence-corrected chi connectivity index (χ2v) is 5.47. The standard InChI is InChI=1S/C15H27N3O/c1-3-9-16-14(15-17-10-11-18(15)2)8-7-13-6-4-5-12-19-13/h10-11,13-14,16H,3-9,12H2,1-2H3. The number of ether oxygens (including phenoxy) is 1. The summed E-state index contributed by atoms with van der Waals surface area (Å²) in [5.41, 5.74) is 0. The fourth-order valence-electron chi connectivity index (χ4n) is 2.74. The molecule has 1 saturated heterocycles. The van der Waals surface area contributed by atoms with Crippen LogP contribution in [0.3, 0.4) is 0 Å². The molecule has 1 N–H and O–H groups in total. The van der Waals surface area contributed by atoms with Crippen LogP contribution in [0.15, 0.2) is 12.4 Å². The average Bonchev–Trinajstić information content (AvgIpc) is 2.86. The molecule has 0 bridgehead atoms. The minimum Gasteiger partial charge on any atom is -0.378 e. The lowest BCUT2D eigenvalue weighted by Crippen LogP contribution is -2.27. The van der Waals surface area contributed by atoms with E-state index in [2.05, 4.69) is 28.8 Å². The number of aromatic nitrogens is 2. The van der Waals surface area contributed by atoms with Gasteiger partial charge in [0.1, 0.15) is 5.82 Å². The molecule has 2 atom stereocenters. The zero-order valence-corrected chi connectivity index (χ0v) is 12.3. The first-order chi connectivity index (χ1) is 9.31. The molecule has 0 aliphatic carbocycles. The Balaban J connectivity index is 1.88. The number of nitrogens with one attached hydrogen (secondary N) is 1. The minimum atomic E-state index is 0.352. The Morgan fingerprint density at radius 3 is 3.05 bits per heavy atom. The highest BCUT2D eigenvalue weighted by Crippen LogP contribution is 2.22. The van der Waals surface area contributed by atoms with E-state index in [1.165, 1.54) is 19.3 Å². The van der Waals surface area contributed by atoms with Crippen LogP contribution in [0.4, 0.5) is 0 Å². The van der Waals surface area contributed by atoms with Crippen molar-refractivity contribution in [2.75, 3.05) is 13.2 Å². The number of hydrogen-bond donors (Lipinski definition) is 1. The Labute approximate surface area is 116 Å². The number of imidazole rings is 1. The summed E-state index contributed by atoms with van der Waals surface area (Å²) in [4.78, 5) is 4.49. The van der Waals surface area contributed by atoms with Gasteiger partial charge in [-0.2, -0.15) is 0 Å². The summed E-state index contributed by atoms with van der Waals surface area (Å²) >= 11 is 0. The van der Waals surface area contributed by atoms with Gasteiger partial charge in [-0.1, -0.05) is 6.92 Å². The fourth-order valence-corrected chi connectivity index (χ4v) is 2.74. The SMILES string of the molecule is CCCNC(CCC1CCCCO1)c1nccn1C. The van der Waals surface area contributed by atoms with Crippen molar-refractivity contribution in [1.82, 2.24) is 14.9 Å². The van der Waals surface area contributed by atoms with Crippen molar-refractivity contribution in [3.63, 3.8) is 0 Å². The largest absolute Gasteiger partial charge is 0.378 e. The third-order valence-electron chi connectivity index (χ3n) is 3.86. The molecule has 108 valence electrons. The molecule has 19 heavy (non-hydrogen) atoms. The number of nitrogens with zero attached hydrogens (tertiary/aromatic N) is 2. The summed E-state index contributed by atoms with van der Waals surface area (Å²) in [5.74, 6) is 1.14. The third kappa shape index (κ3) is 4.32. The Hall–Kier alpha value is -0.870. The van der Waals surface area contributed by atoms with Crippen LogP contribution in [0.1, 0.15) is 57.3 Å². The molecule has 0 radical (unpaired) electrons. The maximum absolute atomic E-state index is 5.83. The summed E-state index contributed by atoms with van der Waals surface area (Å²) in [7, 11) is 2.07. The Morgan fingerprint density at radius 2 is 2.42 bits per heavy atom. The van der Waals surface area contributed by atoms with Crippen LogP contribution >= 0.6 is 0 Å². The van der Waals surface area contributed by atoms with Crippen molar-refractivity contribution in [3.05, 3.63) is 18.2 Å². The van der Waals surface area contributed by atoms with Gasteiger partial charge in [0.2, 0.25) is 0 Å². The van der Waals surface area contributed by atoms with Gasteiger partial charge < -0.3 is 14.6 Å². The quantitative estimate of drug-likeness (QED) is 0.824. The van der Waals surface area contributed by atoms with Gasteiger partial charge in [-0.25, -0.2) is 4.98 Å². The molecule has 4 nitrogen and oxygen atoms in total. The van der Waals surface area contributed by atoms with E-state index in [1.54, 1.807) is 0 Å². The van der Waals surface area contributed by atoms with E-state index in [4.69, 9.17) is 4.74 Å². The van der Waals surface area contributed by atoms with E-state index in [1.807, 2.05) is 12.4 Å². The second-order valence-electron chi connectivity index (χ2n) is 5.47. The molecule has 1 aromatic heterocycles. The highest BCUT2D eigenvalue weighted by atomic mass is 16.5. The molecular formula is C15H27N3O. The highest BCUT2D eigenvalue weighted by molar-refractivity contribution is 4.98. The first-order valence-electron chi connectivity index (χ1n) is 7.63. The Bertz CT molecular complexity index is 358. The lowest BCUT2D eigenvalue weighted by molar-refractivity contribution is 0.00836. The normalized spacial score (nSPS) is 21.5. The van der Waals surface area contributed by atoms with Gasteiger partial charge in [0.25, 0.3) is 0 Å². The van der Waals surface area contributed by atoms with Crippen LogP contribution in [-0.4, -0.2) is 28.8 Å². The van der Waals surface area contributed by atoms with Gasteiger partial charge >= 0.3 is 0 Å². The molecule has 1 aromatic rings. The molecule has 0 aromatic carbocycles. The topological polar surface area (TPSA) is 39.1 Å². The first-order valence-corrected chi connectivity index (χ1v) is 7.63. The zero-order chi connectivity index (χ0) is 13.5. The summed E-state index contributed by atoms with van der Waals surface area (Å²) in [6, 6.07) is 0.352.